The van der Waals surface area contributed by atoms with E-state index < -0.39 is 11.9 Å². The Morgan fingerprint density at radius 3 is 2.80 bits per heavy atom. The van der Waals surface area contributed by atoms with Gasteiger partial charge >= 0.3 is 0 Å². The summed E-state index contributed by atoms with van der Waals surface area (Å²) in [7, 11) is 1.53. The minimum Gasteiger partial charge on any atom is -0.357 e. The van der Waals surface area contributed by atoms with Crippen LogP contribution in [0.1, 0.15) is 15.9 Å². The van der Waals surface area contributed by atoms with Crippen LogP contribution in [0.2, 0.25) is 0 Å². The van der Waals surface area contributed by atoms with Gasteiger partial charge in [-0.15, -0.1) is 0 Å². The van der Waals surface area contributed by atoms with Gasteiger partial charge in [0.05, 0.1) is 0 Å². The highest BCUT2D eigenvalue weighted by atomic mass is 19.1. The lowest BCUT2D eigenvalue weighted by molar-refractivity contribution is -0.125. The number of hydrogen-bond acceptors (Lipinski definition) is 3. The van der Waals surface area contributed by atoms with Gasteiger partial charge in [-0.2, -0.15) is 0 Å². The third kappa shape index (κ3) is 2.96. The molecule has 2 rings (SSSR count). The SMILES string of the molecule is CNC(=O)C1CNCCN1C(=O)c1cc(C)cc(F)c1. The number of carbonyl (C=O) groups excluding carboxylic acids is 2. The van der Waals surface area contributed by atoms with Gasteiger partial charge in [0.15, 0.2) is 0 Å². The Hall–Kier alpha value is -1.95. The van der Waals surface area contributed by atoms with Crippen LogP contribution in [-0.2, 0) is 4.79 Å². The molecule has 20 heavy (non-hydrogen) atoms. The van der Waals surface area contributed by atoms with Crippen molar-refractivity contribution in [2.24, 2.45) is 0 Å². The zero-order chi connectivity index (χ0) is 14.7. The molecule has 1 aliphatic heterocycles. The Labute approximate surface area is 117 Å². The van der Waals surface area contributed by atoms with Crippen molar-refractivity contribution in [1.29, 1.82) is 0 Å². The van der Waals surface area contributed by atoms with Crippen molar-refractivity contribution in [2.45, 2.75) is 13.0 Å². The second kappa shape index (κ2) is 6.00. The van der Waals surface area contributed by atoms with E-state index in [4.69, 9.17) is 0 Å². The standard InChI is InChI=1S/C14H18FN3O2/c1-9-5-10(7-11(15)6-9)14(20)18-4-3-17-8-12(18)13(19)16-2/h5-7,12,17H,3-4,8H2,1-2H3,(H,16,19). The van der Waals surface area contributed by atoms with Gasteiger partial charge in [0.25, 0.3) is 5.91 Å². The molecule has 0 bridgehead atoms. The maximum absolute atomic E-state index is 13.4. The van der Waals surface area contributed by atoms with Gasteiger partial charge in [0.1, 0.15) is 11.9 Å². The number of rotatable bonds is 2. The fourth-order valence-electron chi connectivity index (χ4n) is 2.37. The summed E-state index contributed by atoms with van der Waals surface area (Å²) >= 11 is 0. The van der Waals surface area contributed by atoms with Crippen molar-refractivity contribution in [2.75, 3.05) is 26.7 Å². The van der Waals surface area contributed by atoms with Crippen molar-refractivity contribution in [3.63, 3.8) is 0 Å². The van der Waals surface area contributed by atoms with Crippen molar-refractivity contribution < 1.29 is 14.0 Å². The van der Waals surface area contributed by atoms with E-state index in [1.165, 1.54) is 24.1 Å². The summed E-state index contributed by atoms with van der Waals surface area (Å²) in [4.78, 5) is 25.8. The third-order valence-electron chi connectivity index (χ3n) is 3.34. The molecule has 1 unspecified atom stereocenters. The molecule has 1 saturated heterocycles. The first kappa shape index (κ1) is 14.5. The number of carbonyl (C=O) groups is 2. The van der Waals surface area contributed by atoms with E-state index in [1.807, 2.05) is 0 Å². The molecule has 1 heterocycles. The largest absolute Gasteiger partial charge is 0.357 e. The van der Waals surface area contributed by atoms with Gasteiger partial charge in [-0.1, -0.05) is 0 Å². The fourth-order valence-corrected chi connectivity index (χ4v) is 2.37. The number of amides is 2. The first-order chi connectivity index (χ1) is 9.52. The molecule has 0 spiro atoms. The molecular weight excluding hydrogens is 261 g/mol. The average Bonchev–Trinajstić information content (AvgIpc) is 2.44. The molecule has 6 heteroatoms. The predicted molar refractivity (Wildman–Crippen MR) is 72.9 cm³/mol. The Kier molecular flexibility index (Phi) is 4.34. The van der Waals surface area contributed by atoms with Gasteiger partial charge < -0.3 is 15.5 Å². The minimum absolute atomic E-state index is 0.223. The third-order valence-corrected chi connectivity index (χ3v) is 3.34. The molecule has 108 valence electrons. The summed E-state index contributed by atoms with van der Waals surface area (Å²) in [6, 6.07) is 3.64. The van der Waals surface area contributed by atoms with Gasteiger partial charge in [0, 0.05) is 32.2 Å². The second-order valence-electron chi connectivity index (χ2n) is 4.85. The van der Waals surface area contributed by atoms with Crippen LogP contribution in [0.5, 0.6) is 0 Å². The van der Waals surface area contributed by atoms with Crippen molar-refractivity contribution >= 4 is 11.8 Å². The van der Waals surface area contributed by atoms with Crippen molar-refractivity contribution in [3.05, 3.63) is 35.1 Å². The maximum Gasteiger partial charge on any atom is 0.254 e. The number of nitrogens with one attached hydrogen (secondary N) is 2. The lowest BCUT2D eigenvalue weighted by Gasteiger charge is -2.35. The van der Waals surface area contributed by atoms with Crippen LogP contribution in [-0.4, -0.2) is 49.4 Å². The molecule has 2 amide bonds. The smallest absolute Gasteiger partial charge is 0.254 e. The Balaban J connectivity index is 2.27. The highest BCUT2D eigenvalue weighted by Gasteiger charge is 2.32. The van der Waals surface area contributed by atoms with Gasteiger partial charge in [-0.25, -0.2) is 4.39 Å². The molecule has 1 aromatic rings. The van der Waals surface area contributed by atoms with E-state index in [9.17, 15) is 14.0 Å². The molecule has 0 saturated carbocycles. The van der Waals surface area contributed by atoms with Crippen LogP contribution >= 0.6 is 0 Å². The summed E-state index contributed by atoms with van der Waals surface area (Å²) < 4.78 is 13.4. The van der Waals surface area contributed by atoms with E-state index >= 15 is 0 Å². The zero-order valence-corrected chi connectivity index (χ0v) is 11.6. The lowest BCUT2D eigenvalue weighted by atomic mass is 10.1. The topological polar surface area (TPSA) is 61.4 Å². The maximum atomic E-state index is 13.4. The number of halogens is 1. The Morgan fingerprint density at radius 1 is 1.40 bits per heavy atom. The highest BCUT2D eigenvalue weighted by Crippen LogP contribution is 2.14. The van der Waals surface area contributed by atoms with Crippen LogP contribution in [0.4, 0.5) is 4.39 Å². The quantitative estimate of drug-likeness (QED) is 0.818. The summed E-state index contributed by atoms with van der Waals surface area (Å²) in [5.41, 5.74) is 0.957. The minimum atomic E-state index is -0.565. The molecule has 0 aliphatic carbocycles. The second-order valence-corrected chi connectivity index (χ2v) is 4.85. The first-order valence-electron chi connectivity index (χ1n) is 6.53. The summed E-state index contributed by atoms with van der Waals surface area (Å²) in [6.45, 7) is 3.17. The summed E-state index contributed by atoms with van der Waals surface area (Å²) in [5.74, 6) is -0.985. The number of piperazine rings is 1. The summed E-state index contributed by atoms with van der Waals surface area (Å²) in [6.07, 6.45) is 0. The van der Waals surface area contributed by atoms with E-state index in [0.29, 0.717) is 25.2 Å². The molecule has 1 atom stereocenters. The number of hydrogen-bond donors (Lipinski definition) is 2. The predicted octanol–water partition coefficient (Wildman–Crippen LogP) is 0.294. The number of aryl methyl sites for hydroxylation is 1. The van der Waals surface area contributed by atoms with Crippen molar-refractivity contribution in [3.8, 4) is 0 Å². The lowest BCUT2D eigenvalue weighted by Crippen LogP contribution is -2.59. The highest BCUT2D eigenvalue weighted by molar-refractivity contribution is 5.98. The van der Waals surface area contributed by atoms with Crippen LogP contribution < -0.4 is 10.6 Å². The molecular formula is C14H18FN3O2. The number of nitrogens with zero attached hydrogens (tertiary/aromatic N) is 1. The van der Waals surface area contributed by atoms with E-state index in [-0.39, 0.29) is 17.4 Å². The summed E-state index contributed by atoms with van der Waals surface area (Å²) in [5, 5.41) is 5.63. The van der Waals surface area contributed by atoms with Crippen LogP contribution in [0.25, 0.3) is 0 Å². The molecule has 0 aromatic heterocycles. The number of benzene rings is 1. The molecule has 1 aromatic carbocycles. The fraction of sp³-hybridized carbons (Fsp3) is 0.429. The first-order valence-corrected chi connectivity index (χ1v) is 6.53. The average molecular weight is 279 g/mol. The molecule has 2 N–H and O–H groups in total. The number of likely N-dealkylation sites (N-methyl/N-ethyl adjacent to an activating group) is 1. The Bertz CT molecular complexity index is 513. The van der Waals surface area contributed by atoms with Gasteiger partial charge in [-0.05, 0) is 30.7 Å². The monoisotopic (exact) mass is 279 g/mol. The van der Waals surface area contributed by atoms with Gasteiger partial charge in [-0.3, -0.25) is 9.59 Å². The van der Waals surface area contributed by atoms with Crippen LogP contribution in [0.3, 0.4) is 0 Å². The molecule has 1 aliphatic rings. The van der Waals surface area contributed by atoms with Gasteiger partial charge in [0.2, 0.25) is 5.91 Å². The molecule has 5 nitrogen and oxygen atoms in total. The van der Waals surface area contributed by atoms with Crippen LogP contribution in [0.15, 0.2) is 18.2 Å². The molecule has 0 radical (unpaired) electrons. The molecule has 1 fully saturated rings. The van der Waals surface area contributed by atoms with E-state index in [0.717, 1.165) is 0 Å². The zero-order valence-electron chi connectivity index (χ0n) is 11.6. The van der Waals surface area contributed by atoms with E-state index in [2.05, 4.69) is 10.6 Å². The Morgan fingerprint density at radius 2 is 2.15 bits per heavy atom. The van der Waals surface area contributed by atoms with E-state index in [1.54, 1.807) is 13.0 Å². The van der Waals surface area contributed by atoms with Crippen LogP contribution in [0, 0.1) is 12.7 Å². The van der Waals surface area contributed by atoms with Crippen molar-refractivity contribution in [1.82, 2.24) is 15.5 Å². The normalized spacial score (nSPS) is 18.8.